The molecule has 1 aromatic heterocycles. The van der Waals surface area contributed by atoms with Crippen molar-refractivity contribution in [1.82, 2.24) is 5.32 Å². The lowest BCUT2D eigenvalue weighted by atomic mass is 9.87. The number of hydrogen-bond donors (Lipinski definition) is 2. The highest BCUT2D eigenvalue weighted by molar-refractivity contribution is 7.10. The summed E-state index contributed by atoms with van der Waals surface area (Å²) in [6.07, 6.45) is 5.66. The minimum atomic E-state index is -0.718. The standard InChI is InChI=1S/C16H21NO3S/c18-15(13-5-2-6-14-12(13)7-8-21-14)17-9-10-3-1-4-11(10)16(19)20/h7-8,10-11,13H,1-6,9H2,(H,17,18)(H,19,20). The normalized spacial score (nSPS) is 28.1. The second-order valence-corrected chi connectivity index (χ2v) is 7.13. The third-order valence-electron chi connectivity index (χ3n) is 4.88. The number of carboxylic acid groups (broad SMARTS) is 1. The molecule has 2 N–H and O–H groups in total. The van der Waals surface area contributed by atoms with Crippen molar-refractivity contribution in [2.75, 3.05) is 6.54 Å². The number of rotatable bonds is 4. The second kappa shape index (κ2) is 6.18. The lowest BCUT2D eigenvalue weighted by Gasteiger charge is -2.23. The molecule has 21 heavy (non-hydrogen) atoms. The number of carbonyl (C=O) groups is 2. The van der Waals surface area contributed by atoms with E-state index in [1.54, 1.807) is 11.3 Å². The zero-order valence-electron chi connectivity index (χ0n) is 12.0. The van der Waals surface area contributed by atoms with Crippen LogP contribution in [0.5, 0.6) is 0 Å². The van der Waals surface area contributed by atoms with E-state index < -0.39 is 5.97 Å². The number of carboxylic acids is 1. The van der Waals surface area contributed by atoms with Crippen molar-refractivity contribution in [1.29, 1.82) is 0 Å². The number of hydrogen-bond acceptors (Lipinski definition) is 3. The highest BCUT2D eigenvalue weighted by Gasteiger charge is 2.34. The van der Waals surface area contributed by atoms with Crippen LogP contribution in [0.2, 0.25) is 0 Å². The van der Waals surface area contributed by atoms with Gasteiger partial charge < -0.3 is 10.4 Å². The number of carbonyl (C=O) groups excluding carboxylic acids is 1. The molecule has 1 amide bonds. The van der Waals surface area contributed by atoms with Crippen molar-refractivity contribution in [2.45, 2.75) is 44.4 Å². The van der Waals surface area contributed by atoms with E-state index in [1.165, 1.54) is 10.4 Å². The Kier molecular flexibility index (Phi) is 4.29. The maximum Gasteiger partial charge on any atom is 0.306 e. The molecule has 0 bridgehead atoms. The van der Waals surface area contributed by atoms with Crippen LogP contribution in [-0.2, 0) is 16.0 Å². The summed E-state index contributed by atoms with van der Waals surface area (Å²) < 4.78 is 0. The molecule has 4 nitrogen and oxygen atoms in total. The molecular weight excluding hydrogens is 286 g/mol. The Bertz CT molecular complexity index is 539. The maximum absolute atomic E-state index is 12.4. The number of nitrogens with one attached hydrogen (secondary N) is 1. The molecule has 1 aromatic rings. The summed E-state index contributed by atoms with van der Waals surface area (Å²) >= 11 is 1.74. The Balaban J connectivity index is 1.59. The molecule has 3 rings (SSSR count). The Labute approximate surface area is 128 Å². The molecular formula is C16H21NO3S. The topological polar surface area (TPSA) is 66.4 Å². The molecule has 0 radical (unpaired) electrons. The van der Waals surface area contributed by atoms with Gasteiger partial charge in [0, 0.05) is 11.4 Å². The highest BCUT2D eigenvalue weighted by atomic mass is 32.1. The predicted molar refractivity (Wildman–Crippen MR) is 81.5 cm³/mol. The first-order valence-corrected chi connectivity index (χ1v) is 8.61. The average Bonchev–Trinajstić information content (AvgIpc) is 3.12. The number of aliphatic carboxylic acids is 1. The first kappa shape index (κ1) is 14.6. The summed E-state index contributed by atoms with van der Waals surface area (Å²) in [6, 6.07) is 2.07. The lowest BCUT2D eigenvalue weighted by Crippen LogP contribution is -2.36. The SMILES string of the molecule is O=C(NCC1CCCC1C(=O)O)C1CCCc2sccc21. The van der Waals surface area contributed by atoms with Crippen LogP contribution in [0, 0.1) is 11.8 Å². The molecule has 1 heterocycles. The first-order valence-electron chi connectivity index (χ1n) is 7.73. The highest BCUT2D eigenvalue weighted by Crippen LogP contribution is 2.35. The number of thiophene rings is 1. The lowest BCUT2D eigenvalue weighted by molar-refractivity contribution is -0.143. The average molecular weight is 307 g/mol. The van der Waals surface area contributed by atoms with Gasteiger partial charge in [0.05, 0.1) is 11.8 Å². The summed E-state index contributed by atoms with van der Waals surface area (Å²) in [5, 5.41) is 14.3. The molecule has 1 fully saturated rings. The van der Waals surface area contributed by atoms with Crippen molar-refractivity contribution in [2.24, 2.45) is 11.8 Å². The third-order valence-corrected chi connectivity index (χ3v) is 5.88. The van der Waals surface area contributed by atoms with Gasteiger partial charge in [0.25, 0.3) is 0 Å². The van der Waals surface area contributed by atoms with Gasteiger partial charge >= 0.3 is 5.97 Å². The second-order valence-electron chi connectivity index (χ2n) is 6.12. The van der Waals surface area contributed by atoms with Crippen LogP contribution < -0.4 is 5.32 Å². The van der Waals surface area contributed by atoms with Gasteiger partial charge in [-0.1, -0.05) is 6.42 Å². The van der Waals surface area contributed by atoms with Crippen molar-refractivity contribution in [3.8, 4) is 0 Å². The predicted octanol–water partition coefficient (Wildman–Crippen LogP) is 2.79. The molecule has 0 aromatic carbocycles. The monoisotopic (exact) mass is 307 g/mol. The largest absolute Gasteiger partial charge is 0.481 e. The molecule has 0 spiro atoms. The molecule has 0 saturated heterocycles. The van der Waals surface area contributed by atoms with Crippen LogP contribution in [0.15, 0.2) is 11.4 Å². The van der Waals surface area contributed by atoms with Crippen LogP contribution in [0.1, 0.15) is 48.5 Å². The molecule has 2 aliphatic rings. The fraction of sp³-hybridized carbons (Fsp3) is 0.625. The Hall–Kier alpha value is -1.36. The summed E-state index contributed by atoms with van der Waals surface area (Å²) in [7, 11) is 0. The molecule has 1 saturated carbocycles. The van der Waals surface area contributed by atoms with E-state index >= 15 is 0 Å². The van der Waals surface area contributed by atoms with E-state index in [0.29, 0.717) is 6.54 Å². The van der Waals surface area contributed by atoms with Crippen LogP contribution in [0.25, 0.3) is 0 Å². The number of fused-ring (bicyclic) bond motifs is 1. The third kappa shape index (κ3) is 2.98. The molecule has 2 aliphatic carbocycles. The van der Waals surface area contributed by atoms with Gasteiger partial charge in [-0.3, -0.25) is 9.59 Å². The molecule has 5 heteroatoms. The Morgan fingerprint density at radius 2 is 2.14 bits per heavy atom. The molecule has 0 aliphatic heterocycles. The quantitative estimate of drug-likeness (QED) is 0.899. The van der Waals surface area contributed by atoms with E-state index in [2.05, 4.69) is 16.8 Å². The zero-order chi connectivity index (χ0) is 14.8. The fourth-order valence-corrected chi connectivity index (χ4v) is 4.71. The van der Waals surface area contributed by atoms with Crippen LogP contribution in [0.3, 0.4) is 0 Å². The molecule has 3 atom stereocenters. The van der Waals surface area contributed by atoms with Gasteiger partial charge in [0.1, 0.15) is 0 Å². The van der Waals surface area contributed by atoms with Gasteiger partial charge in [-0.05, 0) is 55.0 Å². The maximum atomic E-state index is 12.4. The first-order chi connectivity index (χ1) is 10.2. The van der Waals surface area contributed by atoms with E-state index in [-0.39, 0.29) is 23.7 Å². The summed E-state index contributed by atoms with van der Waals surface area (Å²) in [6.45, 7) is 0.506. The van der Waals surface area contributed by atoms with Gasteiger partial charge in [-0.2, -0.15) is 0 Å². The van der Waals surface area contributed by atoms with Gasteiger partial charge in [-0.15, -0.1) is 11.3 Å². The minimum Gasteiger partial charge on any atom is -0.481 e. The Morgan fingerprint density at radius 3 is 2.95 bits per heavy atom. The van der Waals surface area contributed by atoms with E-state index in [1.807, 2.05) is 0 Å². The van der Waals surface area contributed by atoms with Crippen molar-refractivity contribution in [3.63, 3.8) is 0 Å². The summed E-state index contributed by atoms with van der Waals surface area (Å²) in [5.41, 5.74) is 1.19. The van der Waals surface area contributed by atoms with E-state index in [0.717, 1.165) is 38.5 Å². The van der Waals surface area contributed by atoms with Crippen LogP contribution >= 0.6 is 11.3 Å². The number of aryl methyl sites for hydroxylation is 1. The van der Waals surface area contributed by atoms with Gasteiger partial charge in [0.15, 0.2) is 0 Å². The van der Waals surface area contributed by atoms with Crippen LogP contribution in [-0.4, -0.2) is 23.5 Å². The van der Waals surface area contributed by atoms with E-state index in [4.69, 9.17) is 0 Å². The smallest absolute Gasteiger partial charge is 0.306 e. The van der Waals surface area contributed by atoms with Gasteiger partial charge in [-0.25, -0.2) is 0 Å². The zero-order valence-corrected chi connectivity index (χ0v) is 12.8. The molecule has 114 valence electrons. The number of amides is 1. The van der Waals surface area contributed by atoms with Crippen molar-refractivity contribution >= 4 is 23.2 Å². The summed E-state index contributed by atoms with van der Waals surface area (Å²) in [5.74, 6) is -0.870. The summed E-state index contributed by atoms with van der Waals surface area (Å²) in [4.78, 5) is 25.0. The van der Waals surface area contributed by atoms with E-state index in [9.17, 15) is 14.7 Å². The van der Waals surface area contributed by atoms with Crippen molar-refractivity contribution < 1.29 is 14.7 Å². The Morgan fingerprint density at radius 1 is 1.29 bits per heavy atom. The fourth-order valence-electron chi connectivity index (χ4n) is 3.72. The van der Waals surface area contributed by atoms with Crippen molar-refractivity contribution in [3.05, 3.63) is 21.9 Å². The minimum absolute atomic E-state index is 0.0373. The molecule has 3 unspecified atom stereocenters. The van der Waals surface area contributed by atoms with Crippen LogP contribution in [0.4, 0.5) is 0 Å². The van der Waals surface area contributed by atoms with Gasteiger partial charge in [0.2, 0.25) is 5.91 Å².